The molecule has 1 fully saturated rings. The first-order chi connectivity index (χ1) is 12.4. The molecule has 2 heterocycles. The summed E-state index contributed by atoms with van der Waals surface area (Å²) >= 11 is 1.08. The summed E-state index contributed by atoms with van der Waals surface area (Å²) in [4.78, 5) is 36.6. The molecule has 136 valence electrons. The van der Waals surface area contributed by atoms with Crippen molar-refractivity contribution in [3.8, 4) is 0 Å². The van der Waals surface area contributed by atoms with Crippen molar-refractivity contribution >= 4 is 27.5 Å². The molecule has 2 aromatic heterocycles. The molecule has 0 aliphatic heterocycles. The lowest BCUT2D eigenvalue weighted by Crippen LogP contribution is -2.39. The van der Waals surface area contributed by atoms with Gasteiger partial charge in [-0.1, -0.05) is 30.3 Å². The number of aromatic nitrogens is 2. The van der Waals surface area contributed by atoms with Gasteiger partial charge in [0.05, 0.1) is 17.5 Å². The van der Waals surface area contributed by atoms with Gasteiger partial charge in [-0.25, -0.2) is 9.59 Å². The van der Waals surface area contributed by atoms with E-state index >= 15 is 0 Å². The van der Waals surface area contributed by atoms with Gasteiger partial charge in [0.2, 0.25) is 0 Å². The van der Waals surface area contributed by atoms with Crippen molar-refractivity contribution in [2.45, 2.75) is 25.4 Å². The number of nitrogens with zero attached hydrogens (tertiary/aromatic N) is 2. The van der Waals surface area contributed by atoms with E-state index in [0.29, 0.717) is 10.9 Å². The highest BCUT2D eigenvalue weighted by Crippen LogP contribution is 2.21. The summed E-state index contributed by atoms with van der Waals surface area (Å²) in [7, 11) is 1.54. The van der Waals surface area contributed by atoms with Crippen LogP contribution in [0.25, 0.3) is 10.2 Å². The highest BCUT2D eigenvalue weighted by Gasteiger charge is 2.20. The molecule has 26 heavy (non-hydrogen) atoms. The Kier molecular flexibility index (Phi) is 5.06. The minimum absolute atomic E-state index is 0.0672. The number of hydrogen-bond acceptors (Lipinski definition) is 5. The molecular weight excluding hydrogens is 354 g/mol. The molecule has 1 saturated carbocycles. The van der Waals surface area contributed by atoms with Crippen LogP contribution in [0.2, 0.25) is 0 Å². The van der Waals surface area contributed by atoms with Gasteiger partial charge in [-0.15, -0.1) is 11.3 Å². The normalized spacial score (nSPS) is 13.3. The lowest BCUT2D eigenvalue weighted by Gasteiger charge is -2.08. The van der Waals surface area contributed by atoms with E-state index in [1.165, 1.54) is 29.8 Å². The Morgan fingerprint density at radius 3 is 2.42 bits per heavy atom. The third kappa shape index (κ3) is 3.61. The number of carbonyl (C=O) groups is 1. The van der Waals surface area contributed by atoms with Gasteiger partial charge in [0, 0.05) is 18.5 Å². The Morgan fingerprint density at radius 2 is 1.88 bits per heavy atom. The van der Waals surface area contributed by atoms with Gasteiger partial charge in [-0.3, -0.25) is 13.9 Å². The van der Waals surface area contributed by atoms with Crippen molar-refractivity contribution in [2.24, 2.45) is 12.8 Å². The predicted molar refractivity (Wildman–Crippen MR) is 101 cm³/mol. The molecule has 0 saturated heterocycles. The van der Waals surface area contributed by atoms with Gasteiger partial charge >= 0.3 is 11.7 Å². The van der Waals surface area contributed by atoms with E-state index in [2.05, 4.69) is 0 Å². The second kappa shape index (κ2) is 7.27. The van der Waals surface area contributed by atoms with Crippen LogP contribution < -0.4 is 17.0 Å². The Labute approximate surface area is 152 Å². The van der Waals surface area contributed by atoms with Gasteiger partial charge in [0.1, 0.15) is 4.83 Å². The maximum absolute atomic E-state index is 12.6. The molecule has 4 rings (SSSR count). The van der Waals surface area contributed by atoms with Crippen molar-refractivity contribution in [1.29, 1.82) is 0 Å². The summed E-state index contributed by atoms with van der Waals surface area (Å²) in [5.74, 6) is -1.17. The van der Waals surface area contributed by atoms with Crippen molar-refractivity contribution in [1.82, 2.24) is 9.13 Å². The summed E-state index contributed by atoms with van der Waals surface area (Å²) in [5.41, 5.74) is 4.93. The number of fused-ring (bicyclic) bond motifs is 1. The van der Waals surface area contributed by atoms with E-state index in [4.69, 9.17) is 5.73 Å². The zero-order valence-electron chi connectivity index (χ0n) is 14.2. The van der Waals surface area contributed by atoms with Crippen molar-refractivity contribution < 1.29 is 9.90 Å². The van der Waals surface area contributed by atoms with Crippen LogP contribution >= 0.6 is 11.3 Å². The van der Waals surface area contributed by atoms with Crippen LogP contribution in [-0.2, 0) is 13.6 Å². The molecule has 3 aromatic rings. The van der Waals surface area contributed by atoms with E-state index in [1.807, 2.05) is 30.3 Å². The molecule has 1 aliphatic carbocycles. The highest BCUT2D eigenvalue weighted by atomic mass is 32.1. The van der Waals surface area contributed by atoms with Crippen LogP contribution in [0.5, 0.6) is 0 Å². The number of aromatic carboxylic acids is 1. The van der Waals surface area contributed by atoms with Crippen LogP contribution in [0.4, 0.5) is 0 Å². The molecule has 0 atom stereocenters. The van der Waals surface area contributed by atoms with Crippen LogP contribution in [0.1, 0.15) is 28.8 Å². The van der Waals surface area contributed by atoms with Gasteiger partial charge in [-0.2, -0.15) is 0 Å². The molecule has 0 bridgehead atoms. The standard InChI is InChI=1S/C15H12N2O4S.C3H7N/c1-16-13-11(10(8-22-13)14(19)20)12(18)17(15(16)21)7-9-5-3-2-4-6-9;4-3-1-2-3/h2-6,8H,7H2,1H3,(H,19,20);3H,1-2,4H2. The summed E-state index contributed by atoms with van der Waals surface area (Å²) in [6.45, 7) is 0.108. The minimum Gasteiger partial charge on any atom is -0.478 e. The lowest BCUT2D eigenvalue weighted by atomic mass is 10.2. The maximum Gasteiger partial charge on any atom is 0.337 e. The first-order valence-electron chi connectivity index (χ1n) is 8.14. The number of carboxylic acid groups (broad SMARTS) is 1. The molecule has 3 N–H and O–H groups in total. The molecule has 8 heteroatoms. The van der Waals surface area contributed by atoms with Gasteiger partial charge in [0.15, 0.2) is 0 Å². The molecule has 1 aromatic carbocycles. The molecule has 0 amide bonds. The first-order valence-corrected chi connectivity index (χ1v) is 9.02. The van der Waals surface area contributed by atoms with E-state index < -0.39 is 17.2 Å². The molecule has 0 unspecified atom stereocenters. The van der Waals surface area contributed by atoms with Crippen molar-refractivity contribution in [2.75, 3.05) is 0 Å². The molecule has 7 nitrogen and oxygen atoms in total. The van der Waals surface area contributed by atoms with Crippen molar-refractivity contribution in [3.63, 3.8) is 0 Å². The van der Waals surface area contributed by atoms with Crippen LogP contribution in [0.3, 0.4) is 0 Å². The summed E-state index contributed by atoms with van der Waals surface area (Å²) < 4.78 is 2.38. The van der Waals surface area contributed by atoms with Crippen LogP contribution in [0, 0.1) is 0 Å². The Bertz CT molecular complexity index is 1060. The third-order valence-corrected chi connectivity index (χ3v) is 5.14. The Balaban J connectivity index is 0.000000433. The second-order valence-electron chi connectivity index (χ2n) is 6.19. The second-order valence-corrected chi connectivity index (χ2v) is 7.05. The number of benzene rings is 1. The fraction of sp³-hybridized carbons (Fsp3) is 0.278. The molecule has 1 aliphatic rings. The Hall–Kier alpha value is -2.71. The number of carboxylic acids is 1. The summed E-state index contributed by atoms with van der Waals surface area (Å²) in [6.07, 6.45) is 2.53. The van der Waals surface area contributed by atoms with Gasteiger partial charge in [-0.05, 0) is 18.4 Å². The van der Waals surface area contributed by atoms with E-state index in [1.54, 1.807) is 0 Å². The zero-order chi connectivity index (χ0) is 18.8. The SMILES string of the molecule is Cn1c(=O)n(Cc2ccccc2)c(=O)c2c(C(=O)O)csc21.NC1CC1. The highest BCUT2D eigenvalue weighted by molar-refractivity contribution is 7.17. The lowest BCUT2D eigenvalue weighted by molar-refractivity contribution is 0.0699. The van der Waals surface area contributed by atoms with E-state index in [9.17, 15) is 19.5 Å². The molecule has 0 radical (unpaired) electrons. The fourth-order valence-electron chi connectivity index (χ4n) is 2.45. The van der Waals surface area contributed by atoms with Gasteiger partial charge < -0.3 is 10.8 Å². The van der Waals surface area contributed by atoms with Crippen LogP contribution in [-0.4, -0.2) is 26.3 Å². The number of nitrogens with two attached hydrogens (primary N) is 1. The van der Waals surface area contributed by atoms with E-state index in [0.717, 1.165) is 21.5 Å². The number of aryl methyl sites for hydroxylation is 1. The largest absolute Gasteiger partial charge is 0.478 e. The average Bonchev–Trinajstić information content (AvgIpc) is 3.27. The number of hydrogen-bond donors (Lipinski definition) is 2. The summed E-state index contributed by atoms with van der Waals surface area (Å²) in [6, 6.07) is 9.67. The zero-order valence-corrected chi connectivity index (χ0v) is 15.0. The topological polar surface area (TPSA) is 107 Å². The third-order valence-electron chi connectivity index (χ3n) is 4.09. The number of rotatable bonds is 3. The predicted octanol–water partition coefficient (Wildman–Crippen LogP) is 1.62. The molecule has 0 spiro atoms. The first kappa shape index (κ1) is 18.1. The van der Waals surface area contributed by atoms with Crippen molar-refractivity contribution in [3.05, 3.63) is 67.7 Å². The monoisotopic (exact) mass is 373 g/mol. The average molecular weight is 373 g/mol. The van der Waals surface area contributed by atoms with Gasteiger partial charge in [0.25, 0.3) is 5.56 Å². The summed E-state index contributed by atoms with van der Waals surface area (Å²) in [5, 5.41) is 10.7. The minimum atomic E-state index is -1.17. The molecular formula is C18H19N3O4S. The fourth-order valence-corrected chi connectivity index (χ4v) is 3.45. The van der Waals surface area contributed by atoms with E-state index in [-0.39, 0.29) is 17.5 Å². The smallest absolute Gasteiger partial charge is 0.337 e. The Morgan fingerprint density at radius 1 is 1.27 bits per heavy atom. The van der Waals surface area contributed by atoms with Crippen LogP contribution in [0.15, 0.2) is 45.3 Å². The quantitative estimate of drug-likeness (QED) is 0.725. The number of thiophene rings is 1. The maximum atomic E-state index is 12.6.